The van der Waals surface area contributed by atoms with Crippen molar-refractivity contribution >= 4 is 38.9 Å². The van der Waals surface area contributed by atoms with Gasteiger partial charge < -0.3 is 5.73 Å². The molecule has 0 fully saturated rings. The summed E-state index contributed by atoms with van der Waals surface area (Å²) in [5.74, 6) is 0. The summed E-state index contributed by atoms with van der Waals surface area (Å²) in [5.41, 5.74) is 8.27. The lowest BCUT2D eigenvalue weighted by atomic mass is 10.0. The maximum Gasteiger partial charge on any atom is 0.0560 e. The van der Waals surface area contributed by atoms with Crippen LogP contribution in [0.25, 0.3) is 0 Å². The van der Waals surface area contributed by atoms with Crippen LogP contribution < -0.4 is 5.73 Å². The number of rotatable bonds is 2. The molecule has 0 bridgehead atoms. The standard InChI is InChI=1S/C11H9BrClNS/c12-9-3-8(4-10(13)5-9)11(14)7-1-2-15-6-7/h1-6,11H,14H2. The first-order valence-corrected chi connectivity index (χ1v) is 6.52. The van der Waals surface area contributed by atoms with Crippen LogP contribution in [0.2, 0.25) is 5.02 Å². The summed E-state index contributed by atoms with van der Waals surface area (Å²) in [5, 5.41) is 4.78. The summed E-state index contributed by atoms with van der Waals surface area (Å²) in [6.45, 7) is 0. The zero-order valence-corrected chi connectivity index (χ0v) is 10.9. The molecule has 2 rings (SSSR count). The van der Waals surface area contributed by atoms with Crippen LogP contribution in [0, 0.1) is 0 Å². The molecule has 1 heterocycles. The summed E-state index contributed by atoms with van der Waals surface area (Å²) < 4.78 is 0.954. The highest BCUT2D eigenvalue weighted by Crippen LogP contribution is 2.27. The molecule has 1 unspecified atom stereocenters. The summed E-state index contributed by atoms with van der Waals surface area (Å²) in [6, 6.07) is 7.67. The van der Waals surface area contributed by atoms with Gasteiger partial charge in [-0.1, -0.05) is 27.5 Å². The van der Waals surface area contributed by atoms with E-state index in [4.69, 9.17) is 17.3 Å². The number of hydrogen-bond donors (Lipinski definition) is 1. The maximum atomic E-state index is 6.13. The van der Waals surface area contributed by atoms with Gasteiger partial charge >= 0.3 is 0 Å². The summed E-state index contributed by atoms with van der Waals surface area (Å²) in [7, 11) is 0. The smallest absolute Gasteiger partial charge is 0.0560 e. The first kappa shape index (κ1) is 11.1. The molecule has 2 aromatic rings. The second kappa shape index (κ2) is 4.66. The Morgan fingerprint density at radius 1 is 1.27 bits per heavy atom. The van der Waals surface area contributed by atoms with Crippen LogP contribution in [0.3, 0.4) is 0 Å². The van der Waals surface area contributed by atoms with Crippen LogP contribution in [-0.4, -0.2) is 0 Å². The Hall–Kier alpha value is -0.350. The Morgan fingerprint density at radius 2 is 2.07 bits per heavy atom. The molecule has 2 N–H and O–H groups in total. The molecular weight excluding hydrogens is 294 g/mol. The number of hydrogen-bond acceptors (Lipinski definition) is 2. The van der Waals surface area contributed by atoms with Gasteiger partial charge in [0, 0.05) is 9.50 Å². The Balaban J connectivity index is 2.37. The van der Waals surface area contributed by atoms with Gasteiger partial charge in [-0.05, 0) is 46.2 Å². The van der Waals surface area contributed by atoms with Crippen LogP contribution in [-0.2, 0) is 0 Å². The van der Waals surface area contributed by atoms with E-state index < -0.39 is 0 Å². The van der Waals surface area contributed by atoms with Crippen molar-refractivity contribution in [1.82, 2.24) is 0 Å². The second-order valence-electron chi connectivity index (χ2n) is 3.24. The molecule has 1 aromatic heterocycles. The van der Waals surface area contributed by atoms with Gasteiger partial charge in [0.25, 0.3) is 0 Å². The lowest BCUT2D eigenvalue weighted by Crippen LogP contribution is -2.10. The number of thiophene rings is 1. The van der Waals surface area contributed by atoms with E-state index in [1.165, 1.54) is 0 Å². The molecular formula is C11H9BrClNS. The Morgan fingerprint density at radius 3 is 2.67 bits per heavy atom. The van der Waals surface area contributed by atoms with Crippen LogP contribution in [0.15, 0.2) is 39.5 Å². The molecule has 0 spiro atoms. The van der Waals surface area contributed by atoms with Crippen molar-refractivity contribution in [3.05, 3.63) is 55.6 Å². The average molecular weight is 303 g/mol. The quantitative estimate of drug-likeness (QED) is 0.883. The van der Waals surface area contributed by atoms with Gasteiger partial charge in [0.1, 0.15) is 0 Å². The topological polar surface area (TPSA) is 26.0 Å². The first-order valence-electron chi connectivity index (χ1n) is 4.40. The molecule has 4 heteroatoms. The first-order chi connectivity index (χ1) is 7.16. The van der Waals surface area contributed by atoms with Crippen LogP contribution >= 0.6 is 38.9 Å². The van der Waals surface area contributed by atoms with Crippen LogP contribution in [0.1, 0.15) is 17.2 Å². The molecule has 15 heavy (non-hydrogen) atoms. The van der Waals surface area contributed by atoms with E-state index >= 15 is 0 Å². The zero-order valence-electron chi connectivity index (χ0n) is 7.78. The van der Waals surface area contributed by atoms with Gasteiger partial charge in [-0.2, -0.15) is 11.3 Å². The zero-order chi connectivity index (χ0) is 10.8. The number of halogens is 2. The molecule has 0 amide bonds. The third-order valence-electron chi connectivity index (χ3n) is 2.15. The van der Waals surface area contributed by atoms with E-state index in [1.807, 2.05) is 29.6 Å². The summed E-state index contributed by atoms with van der Waals surface area (Å²) in [4.78, 5) is 0. The molecule has 1 aromatic carbocycles. The summed E-state index contributed by atoms with van der Waals surface area (Å²) >= 11 is 11.0. The van der Waals surface area contributed by atoms with E-state index in [9.17, 15) is 0 Å². The predicted molar refractivity (Wildman–Crippen MR) is 69.5 cm³/mol. The lowest BCUT2D eigenvalue weighted by molar-refractivity contribution is 0.876. The largest absolute Gasteiger partial charge is 0.320 e. The van der Waals surface area contributed by atoms with Crippen molar-refractivity contribution in [2.75, 3.05) is 0 Å². The van der Waals surface area contributed by atoms with Gasteiger partial charge in [-0.3, -0.25) is 0 Å². The van der Waals surface area contributed by atoms with Gasteiger partial charge in [-0.15, -0.1) is 0 Å². The average Bonchev–Trinajstić information content (AvgIpc) is 2.67. The van der Waals surface area contributed by atoms with Crippen molar-refractivity contribution in [2.45, 2.75) is 6.04 Å². The third-order valence-corrected chi connectivity index (χ3v) is 3.52. The minimum atomic E-state index is -0.105. The fraction of sp³-hybridized carbons (Fsp3) is 0.0909. The monoisotopic (exact) mass is 301 g/mol. The van der Waals surface area contributed by atoms with Gasteiger partial charge in [-0.25, -0.2) is 0 Å². The molecule has 78 valence electrons. The highest BCUT2D eigenvalue weighted by Gasteiger charge is 2.10. The highest BCUT2D eigenvalue weighted by molar-refractivity contribution is 9.10. The van der Waals surface area contributed by atoms with E-state index in [0.29, 0.717) is 5.02 Å². The molecule has 0 aliphatic carbocycles. The Labute approximate surface area is 106 Å². The van der Waals surface area contributed by atoms with E-state index in [0.717, 1.165) is 15.6 Å². The van der Waals surface area contributed by atoms with E-state index in [1.54, 1.807) is 11.3 Å². The Kier molecular flexibility index (Phi) is 3.46. The van der Waals surface area contributed by atoms with Crippen molar-refractivity contribution in [3.8, 4) is 0 Å². The van der Waals surface area contributed by atoms with Crippen molar-refractivity contribution in [3.63, 3.8) is 0 Å². The molecule has 1 atom stereocenters. The number of benzene rings is 1. The predicted octanol–water partition coefficient (Wildman–Crippen LogP) is 4.21. The van der Waals surface area contributed by atoms with E-state index in [-0.39, 0.29) is 6.04 Å². The third kappa shape index (κ3) is 2.61. The fourth-order valence-corrected chi connectivity index (χ4v) is 2.98. The highest BCUT2D eigenvalue weighted by atomic mass is 79.9. The molecule has 0 aliphatic rings. The van der Waals surface area contributed by atoms with Crippen LogP contribution in [0.5, 0.6) is 0 Å². The molecule has 0 aliphatic heterocycles. The second-order valence-corrected chi connectivity index (χ2v) is 5.37. The molecule has 1 nitrogen and oxygen atoms in total. The van der Waals surface area contributed by atoms with Gasteiger partial charge in [0.2, 0.25) is 0 Å². The normalized spacial score (nSPS) is 12.7. The van der Waals surface area contributed by atoms with Crippen molar-refractivity contribution in [1.29, 1.82) is 0 Å². The van der Waals surface area contributed by atoms with Crippen LogP contribution in [0.4, 0.5) is 0 Å². The summed E-state index contributed by atoms with van der Waals surface area (Å²) in [6.07, 6.45) is 0. The van der Waals surface area contributed by atoms with Gasteiger partial charge in [0.15, 0.2) is 0 Å². The minimum absolute atomic E-state index is 0.105. The SMILES string of the molecule is NC(c1ccsc1)c1cc(Cl)cc(Br)c1. The Bertz CT molecular complexity index is 435. The number of nitrogens with two attached hydrogens (primary N) is 1. The fourth-order valence-electron chi connectivity index (χ4n) is 1.40. The molecule has 0 saturated carbocycles. The maximum absolute atomic E-state index is 6.13. The van der Waals surface area contributed by atoms with Gasteiger partial charge in [0.05, 0.1) is 6.04 Å². The minimum Gasteiger partial charge on any atom is -0.320 e. The van der Waals surface area contributed by atoms with Crippen molar-refractivity contribution < 1.29 is 0 Å². The molecule has 0 radical (unpaired) electrons. The lowest BCUT2D eigenvalue weighted by Gasteiger charge is -2.11. The van der Waals surface area contributed by atoms with E-state index in [2.05, 4.69) is 21.3 Å². The molecule has 0 saturated heterocycles. The van der Waals surface area contributed by atoms with Crippen molar-refractivity contribution in [2.24, 2.45) is 5.73 Å².